The van der Waals surface area contributed by atoms with Gasteiger partial charge in [0.25, 0.3) is 0 Å². The maximum Gasteiger partial charge on any atom is 0.243 e. The van der Waals surface area contributed by atoms with Crippen LogP contribution >= 0.6 is 27.5 Å². The van der Waals surface area contributed by atoms with Crippen molar-refractivity contribution >= 4 is 43.5 Å². The molecule has 2 rings (SSSR count). The minimum atomic E-state index is -3.54. The van der Waals surface area contributed by atoms with Crippen molar-refractivity contribution in [3.63, 3.8) is 0 Å². The molecule has 0 N–H and O–H groups in total. The lowest BCUT2D eigenvalue weighted by molar-refractivity contribution is -0.129. The van der Waals surface area contributed by atoms with Gasteiger partial charge in [-0.25, -0.2) is 8.42 Å². The van der Waals surface area contributed by atoms with Crippen molar-refractivity contribution in [2.24, 2.45) is 0 Å². The first-order valence-corrected chi connectivity index (χ1v) is 8.64. The lowest BCUT2D eigenvalue weighted by atomic mass is 10.3. The first-order chi connectivity index (χ1) is 9.32. The monoisotopic (exact) mass is 380 g/mol. The number of piperazine rings is 1. The van der Waals surface area contributed by atoms with Gasteiger partial charge in [0.05, 0.1) is 9.92 Å². The molecule has 5 nitrogen and oxygen atoms in total. The Labute approximate surface area is 131 Å². The highest BCUT2D eigenvalue weighted by Crippen LogP contribution is 2.27. The molecule has 1 heterocycles. The highest BCUT2D eigenvalue weighted by atomic mass is 79.9. The molecule has 1 saturated heterocycles. The van der Waals surface area contributed by atoms with Crippen LogP contribution in [-0.4, -0.2) is 49.7 Å². The fraction of sp³-hybridized carbons (Fsp3) is 0.417. The molecule has 1 aromatic carbocycles. The number of nitrogens with zero attached hydrogens (tertiary/aromatic N) is 2. The summed E-state index contributed by atoms with van der Waals surface area (Å²) in [5, 5.41) is 0.463. The van der Waals surface area contributed by atoms with E-state index >= 15 is 0 Å². The number of hydrogen-bond donors (Lipinski definition) is 0. The van der Waals surface area contributed by atoms with Gasteiger partial charge in [-0.1, -0.05) is 11.6 Å². The number of carbonyl (C=O) groups excluding carboxylic acids is 1. The molecule has 8 heteroatoms. The standard InChI is InChI=1S/C12H14BrClN2O3S/c1-9(17)15-4-6-16(7-5-15)20(18,19)10-2-3-12(14)11(13)8-10/h2-3,8H,4-7H2,1H3. The third-order valence-corrected chi connectivity index (χ3v) is 6.32. The zero-order valence-electron chi connectivity index (χ0n) is 10.8. The van der Waals surface area contributed by atoms with Gasteiger partial charge in [0.2, 0.25) is 15.9 Å². The van der Waals surface area contributed by atoms with E-state index in [0.717, 1.165) is 0 Å². The fourth-order valence-corrected chi connectivity index (χ4v) is 4.13. The van der Waals surface area contributed by atoms with Crippen molar-refractivity contribution in [3.05, 3.63) is 27.7 Å². The average Bonchev–Trinajstić information content (AvgIpc) is 2.41. The van der Waals surface area contributed by atoms with Crippen molar-refractivity contribution in [3.8, 4) is 0 Å². The third kappa shape index (κ3) is 3.16. The molecule has 1 fully saturated rings. The van der Waals surface area contributed by atoms with Crippen LogP contribution in [-0.2, 0) is 14.8 Å². The summed E-state index contributed by atoms with van der Waals surface area (Å²) < 4.78 is 26.9. The van der Waals surface area contributed by atoms with Crippen molar-refractivity contribution in [1.29, 1.82) is 0 Å². The zero-order chi connectivity index (χ0) is 14.9. The molecule has 20 heavy (non-hydrogen) atoms. The smallest absolute Gasteiger partial charge is 0.243 e. The van der Waals surface area contributed by atoms with Gasteiger partial charge in [-0.3, -0.25) is 4.79 Å². The van der Waals surface area contributed by atoms with Crippen LogP contribution in [0.25, 0.3) is 0 Å². The van der Waals surface area contributed by atoms with Crippen LogP contribution in [0, 0.1) is 0 Å². The summed E-state index contributed by atoms with van der Waals surface area (Å²) in [5.74, 6) is -0.0312. The molecular formula is C12H14BrClN2O3S. The molecule has 0 bridgehead atoms. The van der Waals surface area contributed by atoms with Crippen molar-refractivity contribution < 1.29 is 13.2 Å². The minimum Gasteiger partial charge on any atom is -0.340 e. The Hall–Kier alpha value is -0.630. The Balaban J connectivity index is 2.19. The number of carbonyl (C=O) groups is 1. The second-order valence-corrected chi connectivity index (χ2v) is 7.69. The molecular weight excluding hydrogens is 368 g/mol. The van der Waals surface area contributed by atoms with Gasteiger partial charge in [0.1, 0.15) is 0 Å². The number of amides is 1. The van der Waals surface area contributed by atoms with Crippen LogP contribution in [0.3, 0.4) is 0 Å². The second-order valence-electron chi connectivity index (χ2n) is 4.49. The van der Waals surface area contributed by atoms with Crippen LogP contribution in [0.4, 0.5) is 0 Å². The molecule has 1 amide bonds. The number of halogens is 2. The third-order valence-electron chi connectivity index (χ3n) is 3.21. The summed E-state index contributed by atoms with van der Waals surface area (Å²) in [6.45, 7) is 2.94. The molecule has 0 aromatic heterocycles. The molecule has 0 saturated carbocycles. The van der Waals surface area contributed by atoms with Crippen LogP contribution in [0.1, 0.15) is 6.92 Å². The predicted octanol–water partition coefficient (Wildman–Crippen LogP) is 1.96. The number of rotatable bonds is 2. The van der Waals surface area contributed by atoms with Gasteiger partial charge in [-0.2, -0.15) is 4.31 Å². The van der Waals surface area contributed by atoms with Gasteiger partial charge >= 0.3 is 0 Å². The maximum absolute atomic E-state index is 12.5. The van der Waals surface area contributed by atoms with Crippen LogP contribution in [0.5, 0.6) is 0 Å². The van der Waals surface area contributed by atoms with E-state index in [1.54, 1.807) is 11.0 Å². The highest BCUT2D eigenvalue weighted by Gasteiger charge is 2.29. The van der Waals surface area contributed by atoms with Gasteiger partial charge in [-0.15, -0.1) is 0 Å². The fourth-order valence-electron chi connectivity index (χ4n) is 2.03. The number of hydrogen-bond acceptors (Lipinski definition) is 3. The summed E-state index contributed by atoms with van der Waals surface area (Å²) in [5.41, 5.74) is 0. The van der Waals surface area contributed by atoms with E-state index in [0.29, 0.717) is 35.7 Å². The molecule has 1 aliphatic heterocycles. The maximum atomic E-state index is 12.5. The molecule has 110 valence electrons. The van der Waals surface area contributed by atoms with E-state index < -0.39 is 10.0 Å². The highest BCUT2D eigenvalue weighted by molar-refractivity contribution is 9.10. The molecule has 0 atom stereocenters. The normalized spacial score (nSPS) is 17.2. The second kappa shape index (κ2) is 6.01. The first-order valence-electron chi connectivity index (χ1n) is 6.03. The van der Waals surface area contributed by atoms with E-state index in [2.05, 4.69) is 15.9 Å². The summed E-state index contributed by atoms with van der Waals surface area (Å²) in [4.78, 5) is 13.1. The Morgan fingerprint density at radius 2 is 1.85 bits per heavy atom. The number of benzene rings is 1. The van der Waals surface area contributed by atoms with Gasteiger partial charge in [0, 0.05) is 37.6 Å². The lowest BCUT2D eigenvalue weighted by Gasteiger charge is -2.33. The van der Waals surface area contributed by atoms with Crippen molar-refractivity contribution in [2.45, 2.75) is 11.8 Å². The molecule has 1 aromatic rings. The van der Waals surface area contributed by atoms with Crippen LogP contribution < -0.4 is 0 Å². The quantitative estimate of drug-likeness (QED) is 0.787. The average molecular weight is 382 g/mol. The molecule has 0 spiro atoms. The van der Waals surface area contributed by atoms with E-state index in [1.165, 1.54) is 23.4 Å². The lowest BCUT2D eigenvalue weighted by Crippen LogP contribution is -2.49. The van der Waals surface area contributed by atoms with Gasteiger partial charge < -0.3 is 4.90 Å². The van der Waals surface area contributed by atoms with E-state index in [1.807, 2.05) is 0 Å². The van der Waals surface area contributed by atoms with E-state index in [4.69, 9.17) is 11.6 Å². The summed E-state index contributed by atoms with van der Waals surface area (Å²) in [6, 6.07) is 4.53. The van der Waals surface area contributed by atoms with Gasteiger partial charge in [0.15, 0.2) is 0 Å². The first kappa shape index (κ1) is 15.8. The predicted molar refractivity (Wildman–Crippen MR) is 80.2 cm³/mol. The topological polar surface area (TPSA) is 57.7 Å². The minimum absolute atomic E-state index is 0.0312. The molecule has 0 unspecified atom stereocenters. The van der Waals surface area contributed by atoms with Gasteiger partial charge in [-0.05, 0) is 34.1 Å². The Morgan fingerprint density at radius 3 is 2.35 bits per heavy atom. The molecule has 0 aliphatic carbocycles. The Bertz CT molecular complexity index is 628. The van der Waals surface area contributed by atoms with E-state index in [9.17, 15) is 13.2 Å². The van der Waals surface area contributed by atoms with E-state index in [-0.39, 0.29) is 10.8 Å². The number of sulfonamides is 1. The van der Waals surface area contributed by atoms with Crippen LogP contribution in [0.15, 0.2) is 27.6 Å². The summed E-state index contributed by atoms with van der Waals surface area (Å²) in [6.07, 6.45) is 0. The molecule has 0 radical (unpaired) electrons. The van der Waals surface area contributed by atoms with Crippen molar-refractivity contribution in [1.82, 2.24) is 9.21 Å². The molecule has 1 aliphatic rings. The Morgan fingerprint density at radius 1 is 1.25 bits per heavy atom. The SMILES string of the molecule is CC(=O)N1CCN(S(=O)(=O)c2ccc(Cl)c(Br)c2)CC1. The van der Waals surface area contributed by atoms with Crippen molar-refractivity contribution in [2.75, 3.05) is 26.2 Å². The van der Waals surface area contributed by atoms with Crippen LogP contribution in [0.2, 0.25) is 5.02 Å². The largest absolute Gasteiger partial charge is 0.340 e. The summed E-state index contributed by atoms with van der Waals surface area (Å²) >= 11 is 9.09. The zero-order valence-corrected chi connectivity index (χ0v) is 14.0. The Kier molecular flexibility index (Phi) is 4.73. The summed E-state index contributed by atoms with van der Waals surface area (Å²) in [7, 11) is -3.54.